The Morgan fingerprint density at radius 1 is 1.20 bits per heavy atom. The zero-order chi connectivity index (χ0) is 17.4. The van der Waals surface area contributed by atoms with Crippen molar-refractivity contribution < 1.29 is 0 Å². The van der Waals surface area contributed by atoms with Crippen molar-refractivity contribution in [1.29, 1.82) is 0 Å². The van der Waals surface area contributed by atoms with Gasteiger partial charge in [0.15, 0.2) is 0 Å². The minimum atomic E-state index is 0.949. The molecule has 0 spiro atoms. The normalized spacial score (nSPS) is 12.0. The molecule has 0 amide bonds. The van der Waals surface area contributed by atoms with Crippen LogP contribution in [0.1, 0.15) is 23.1 Å². The Morgan fingerprint density at radius 2 is 2.08 bits per heavy atom. The number of rotatable bonds is 3. The minimum absolute atomic E-state index is 0.949. The molecule has 4 heterocycles. The summed E-state index contributed by atoms with van der Waals surface area (Å²) in [5.41, 5.74) is 5.38. The van der Waals surface area contributed by atoms with E-state index in [-0.39, 0.29) is 0 Å². The fourth-order valence-electron chi connectivity index (χ4n) is 3.01. The predicted octanol–water partition coefficient (Wildman–Crippen LogP) is 4.85. The summed E-state index contributed by atoms with van der Waals surface area (Å²) in [5, 5.41) is 5.46. The number of hydrogen-bond acceptors (Lipinski definition) is 4. The molecule has 124 valence electrons. The summed E-state index contributed by atoms with van der Waals surface area (Å²) in [6, 6.07) is 8.51. The number of aryl methyl sites for hydroxylation is 2. The van der Waals surface area contributed by atoms with Gasteiger partial charge in [-0.2, -0.15) is 5.10 Å². The van der Waals surface area contributed by atoms with E-state index >= 15 is 0 Å². The van der Waals surface area contributed by atoms with Crippen LogP contribution in [0.3, 0.4) is 0 Å². The highest BCUT2D eigenvalue weighted by Gasteiger charge is 2.13. The highest BCUT2D eigenvalue weighted by Crippen LogP contribution is 2.35. The van der Waals surface area contributed by atoms with Crippen molar-refractivity contribution in [3.8, 4) is 11.3 Å². The quantitative estimate of drug-likeness (QED) is 0.532. The van der Waals surface area contributed by atoms with Crippen molar-refractivity contribution in [2.75, 3.05) is 0 Å². The third-order valence-corrected chi connectivity index (χ3v) is 5.37. The van der Waals surface area contributed by atoms with Crippen molar-refractivity contribution in [2.45, 2.75) is 13.8 Å². The van der Waals surface area contributed by atoms with Gasteiger partial charge in [-0.3, -0.25) is 14.6 Å². The van der Waals surface area contributed by atoms with Gasteiger partial charge in [-0.05, 0) is 43.0 Å². The Kier molecular flexibility index (Phi) is 3.93. The molecule has 5 heteroatoms. The van der Waals surface area contributed by atoms with Gasteiger partial charge in [0.05, 0.1) is 16.6 Å². The monoisotopic (exact) mass is 346 g/mol. The molecule has 4 aromatic heterocycles. The maximum absolute atomic E-state index is 4.80. The summed E-state index contributed by atoms with van der Waals surface area (Å²) in [5.74, 6) is 0. The fraction of sp³-hybridized carbons (Fsp3) is 0.150. The van der Waals surface area contributed by atoms with E-state index in [2.05, 4.69) is 54.3 Å². The van der Waals surface area contributed by atoms with Gasteiger partial charge in [-0.1, -0.05) is 12.1 Å². The van der Waals surface area contributed by atoms with E-state index in [0.717, 1.165) is 22.5 Å². The molecule has 0 fully saturated rings. The van der Waals surface area contributed by atoms with Crippen LogP contribution in [-0.2, 0) is 7.05 Å². The number of allylic oxidation sites excluding steroid dienone is 1. The van der Waals surface area contributed by atoms with Gasteiger partial charge in [0.1, 0.15) is 0 Å². The first kappa shape index (κ1) is 15.7. The summed E-state index contributed by atoms with van der Waals surface area (Å²) in [6.45, 7) is 4.14. The molecule has 0 aliphatic carbocycles. The van der Waals surface area contributed by atoms with Crippen LogP contribution in [0.4, 0.5) is 0 Å². The Morgan fingerprint density at radius 3 is 2.76 bits per heavy atom. The molecule has 4 nitrogen and oxygen atoms in total. The van der Waals surface area contributed by atoms with Crippen molar-refractivity contribution in [3.05, 3.63) is 71.3 Å². The highest BCUT2D eigenvalue weighted by atomic mass is 32.1. The number of thiophene rings is 1. The van der Waals surface area contributed by atoms with Gasteiger partial charge in [0, 0.05) is 47.3 Å². The lowest BCUT2D eigenvalue weighted by Crippen LogP contribution is -1.94. The average Bonchev–Trinajstić information content (AvgIpc) is 3.23. The van der Waals surface area contributed by atoms with Crippen molar-refractivity contribution in [1.82, 2.24) is 19.7 Å². The molecule has 0 saturated carbocycles. The Bertz CT molecular complexity index is 1050. The van der Waals surface area contributed by atoms with Crippen molar-refractivity contribution >= 4 is 27.0 Å². The molecule has 4 aromatic rings. The van der Waals surface area contributed by atoms with Crippen molar-refractivity contribution in [3.63, 3.8) is 0 Å². The lowest BCUT2D eigenvalue weighted by molar-refractivity contribution is 0.768. The first-order chi connectivity index (χ1) is 12.2. The molecule has 0 radical (unpaired) electrons. The molecule has 0 aliphatic heterocycles. The first-order valence-electron chi connectivity index (χ1n) is 8.13. The summed E-state index contributed by atoms with van der Waals surface area (Å²) in [7, 11) is 1.92. The number of nitrogens with zero attached hydrogens (tertiary/aromatic N) is 4. The van der Waals surface area contributed by atoms with E-state index in [1.807, 2.05) is 31.8 Å². The number of pyridine rings is 2. The molecule has 25 heavy (non-hydrogen) atoms. The van der Waals surface area contributed by atoms with E-state index in [1.165, 1.54) is 20.5 Å². The molecule has 0 atom stereocenters. The average molecular weight is 346 g/mol. The van der Waals surface area contributed by atoms with Gasteiger partial charge >= 0.3 is 0 Å². The molecular weight excluding hydrogens is 328 g/mol. The molecular formula is C20H18N4S. The van der Waals surface area contributed by atoms with E-state index in [9.17, 15) is 0 Å². The van der Waals surface area contributed by atoms with Crippen LogP contribution in [0, 0.1) is 6.92 Å². The SMILES string of the molecule is C/C=C(/c1cc2ccncc2s1)c1ccc(-c2cnn(C)c2)nc1C. The van der Waals surface area contributed by atoms with Crippen LogP contribution in [0.15, 0.2) is 55.1 Å². The molecule has 4 rings (SSSR count). The maximum Gasteiger partial charge on any atom is 0.0737 e. The lowest BCUT2D eigenvalue weighted by Gasteiger charge is -2.09. The summed E-state index contributed by atoms with van der Waals surface area (Å²) in [6.07, 6.45) is 9.75. The molecule has 0 aliphatic rings. The number of aromatic nitrogens is 4. The Hall–Kier alpha value is -2.79. The van der Waals surface area contributed by atoms with Crippen molar-refractivity contribution in [2.24, 2.45) is 7.05 Å². The van der Waals surface area contributed by atoms with Crippen LogP contribution in [0.5, 0.6) is 0 Å². The standard InChI is InChI=1S/C20H18N4S/c1-4-16(19-9-14-7-8-21-11-20(14)25-19)17-5-6-18(23-13(17)2)15-10-22-24(3)12-15/h4-12H,1-3H3/b16-4+. The smallest absolute Gasteiger partial charge is 0.0737 e. The van der Waals surface area contributed by atoms with Crippen LogP contribution in [-0.4, -0.2) is 19.7 Å². The second kappa shape index (κ2) is 6.26. The van der Waals surface area contributed by atoms with E-state index in [1.54, 1.807) is 16.0 Å². The topological polar surface area (TPSA) is 43.6 Å². The predicted molar refractivity (Wildman–Crippen MR) is 104 cm³/mol. The largest absolute Gasteiger partial charge is 0.275 e. The molecule has 0 N–H and O–H groups in total. The Balaban J connectivity index is 1.76. The summed E-state index contributed by atoms with van der Waals surface area (Å²) < 4.78 is 3.00. The second-order valence-corrected chi connectivity index (χ2v) is 7.04. The summed E-state index contributed by atoms with van der Waals surface area (Å²) >= 11 is 1.77. The van der Waals surface area contributed by atoms with Gasteiger partial charge in [0.25, 0.3) is 0 Å². The third-order valence-electron chi connectivity index (χ3n) is 4.25. The molecule has 0 aromatic carbocycles. The lowest BCUT2D eigenvalue weighted by atomic mass is 10.0. The van der Waals surface area contributed by atoms with Gasteiger partial charge < -0.3 is 0 Å². The fourth-order valence-corrected chi connectivity index (χ4v) is 4.13. The second-order valence-electron chi connectivity index (χ2n) is 5.96. The minimum Gasteiger partial charge on any atom is -0.275 e. The van der Waals surface area contributed by atoms with Gasteiger partial charge in [-0.15, -0.1) is 11.3 Å². The van der Waals surface area contributed by atoms with Gasteiger partial charge in [-0.25, -0.2) is 0 Å². The number of hydrogen-bond donors (Lipinski definition) is 0. The van der Waals surface area contributed by atoms with E-state index in [0.29, 0.717) is 0 Å². The maximum atomic E-state index is 4.80. The highest BCUT2D eigenvalue weighted by molar-refractivity contribution is 7.20. The zero-order valence-electron chi connectivity index (χ0n) is 14.4. The number of fused-ring (bicyclic) bond motifs is 1. The van der Waals surface area contributed by atoms with E-state index in [4.69, 9.17) is 4.98 Å². The van der Waals surface area contributed by atoms with Crippen LogP contribution in [0.2, 0.25) is 0 Å². The molecule has 0 saturated heterocycles. The van der Waals surface area contributed by atoms with Crippen LogP contribution < -0.4 is 0 Å². The zero-order valence-corrected chi connectivity index (χ0v) is 15.2. The molecule has 0 bridgehead atoms. The van der Waals surface area contributed by atoms with Crippen LogP contribution in [0.25, 0.3) is 26.9 Å². The van der Waals surface area contributed by atoms with E-state index < -0.39 is 0 Å². The Labute approximate surface area is 150 Å². The van der Waals surface area contributed by atoms with Gasteiger partial charge in [0.2, 0.25) is 0 Å². The summed E-state index contributed by atoms with van der Waals surface area (Å²) in [4.78, 5) is 10.3. The molecule has 0 unspecified atom stereocenters. The van der Waals surface area contributed by atoms with Crippen LogP contribution >= 0.6 is 11.3 Å². The first-order valence-corrected chi connectivity index (χ1v) is 8.94. The third kappa shape index (κ3) is 2.87.